The third kappa shape index (κ3) is 4.10. The quantitative estimate of drug-likeness (QED) is 0.660. The molecule has 5 rings (SSSR count). The Balaban J connectivity index is 1.34. The number of quaternary nitrogens is 1. The van der Waals surface area contributed by atoms with E-state index in [1.54, 1.807) is 13.8 Å². The number of fused-ring (bicyclic) bond motifs is 3. The number of hydrogen-bond acceptors (Lipinski definition) is 4. The minimum absolute atomic E-state index is 0.103. The van der Waals surface area contributed by atoms with Gasteiger partial charge in [-0.1, -0.05) is 35.5 Å². The summed E-state index contributed by atoms with van der Waals surface area (Å²) in [6.45, 7) is 6.83. The van der Waals surface area contributed by atoms with Crippen LogP contribution in [0, 0.1) is 11.8 Å². The van der Waals surface area contributed by atoms with Crippen molar-refractivity contribution >= 4 is 5.91 Å². The first-order valence-electron chi connectivity index (χ1n) is 10.2. The van der Waals surface area contributed by atoms with E-state index in [-0.39, 0.29) is 11.8 Å². The molecule has 4 atom stereocenters. The van der Waals surface area contributed by atoms with Gasteiger partial charge in [-0.25, -0.2) is 4.68 Å². The van der Waals surface area contributed by atoms with E-state index in [4.69, 9.17) is 0 Å². The molecule has 0 saturated carbocycles. The lowest BCUT2D eigenvalue weighted by Gasteiger charge is -2.46. The van der Waals surface area contributed by atoms with Crippen LogP contribution in [0.3, 0.4) is 0 Å². The minimum Gasteiger partial charge on any atom is -0.384 e. The van der Waals surface area contributed by atoms with E-state index in [0.717, 1.165) is 38.0 Å². The lowest BCUT2D eigenvalue weighted by atomic mass is 9.75. The van der Waals surface area contributed by atoms with Crippen molar-refractivity contribution in [3.8, 4) is 0 Å². The van der Waals surface area contributed by atoms with Gasteiger partial charge in [0, 0.05) is 19.4 Å². The summed E-state index contributed by atoms with van der Waals surface area (Å²) < 4.78 is 1.84. The molecule has 3 aliphatic rings. The number of nitrogens with zero attached hydrogens (tertiary/aromatic N) is 3. The Labute approximate surface area is 165 Å². The molecule has 1 aromatic heterocycles. The fourth-order valence-electron chi connectivity index (χ4n) is 4.63. The molecule has 2 aromatic rings. The topological polar surface area (TPSA) is 84.5 Å². The maximum Gasteiger partial charge on any atom is 0.229 e. The normalized spacial score (nSPS) is 27.0. The van der Waals surface area contributed by atoms with Crippen LogP contribution in [0.1, 0.15) is 37.9 Å². The molecule has 0 spiro atoms. The van der Waals surface area contributed by atoms with Crippen LogP contribution in [-0.2, 0) is 23.5 Å². The molecule has 3 N–H and O–H groups in total. The van der Waals surface area contributed by atoms with E-state index >= 15 is 0 Å². The Bertz CT molecular complexity index is 814. The predicted octanol–water partition coefficient (Wildman–Crippen LogP) is 0.115. The first-order valence-corrected chi connectivity index (χ1v) is 10.2. The van der Waals surface area contributed by atoms with Crippen LogP contribution in [0.5, 0.6) is 0 Å². The van der Waals surface area contributed by atoms with Gasteiger partial charge in [-0.3, -0.25) is 4.79 Å². The molecule has 7 nitrogen and oxygen atoms in total. The molecule has 3 aliphatic heterocycles. The fourth-order valence-corrected chi connectivity index (χ4v) is 4.63. The van der Waals surface area contributed by atoms with Gasteiger partial charge in [-0.05, 0) is 25.3 Å². The number of carbonyl (C=O) groups is 1. The number of aromatic nitrogens is 3. The number of nitrogens with one attached hydrogen (secondary N) is 2. The summed E-state index contributed by atoms with van der Waals surface area (Å²) in [5.41, 5.74) is 0.756. The van der Waals surface area contributed by atoms with Crippen molar-refractivity contribution in [2.75, 3.05) is 13.1 Å². The SMILES string of the molecule is CC(C)(O)c1cn(C[C@H]2C[C@H]3CC[NH+]2C[C@@H]3C(=O)NCc2ccccc2)nn1. The van der Waals surface area contributed by atoms with Gasteiger partial charge in [0.2, 0.25) is 5.91 Å². The van der Waals surface area contributed by atoms with Gasteiger partial charge in [0.15, 0.2) is 0 Å². The molecule has 1 amide bonds. The summed E-state index contributed by atoms with van der Waals surface area (Å²) in [5, 5.41) is 21.5. The molecule has 3 fully saturated rings. The first kappa shape index (κ1) is 19.1. The Morgan fingerprint density at radius 1 is 1.36 bits per heavy atom. The predicted molar refractivity (Wildman–Crippen MR) is 104 cm³/mol. The number of amides is 1. The average Bonchev–Trinajstić information content (AvgIpc) is 3.16. The summed E-state index contributed by atoms with van der Waals surface area (Å²) in [6.07, 6.45) is 3.99. The van der Waals surface area contributed by atoms with Crippen LogP contribution >= 0.6 is 0 Å². The number of piperidine rings is 3. The maximum atomic E-state index is 12.8. The summed E-state index contributed by atoms with van der Waals surface area (Å²) in [6, 6.07) is 10.5. The Hall–Kier alpha value is -2.25. The first-order chi connectivity index (χ1) is 13.4. The summed E-state index contributed by atoms with van der Waals surface area (Å²) in [5.74, 6) is 0.733. The number of aliphatic hydroxyl groups is 1. The number of rotatable bonds is 6. The van der Waals surface area contributed by atoms with Gasteiger partial charge in [0.05, 0.1) is 31.7 Å². The molecule has 0 aliphatic carbocycles. The summed E-state index contributed by atoms with van der Waals surface area (Å²) >= 11 is 0. The zero-order valence-corrected chi connectivity index (χ0v) is 16.6. The van der Waals surface area contributed by atoms with Gasteiger partial charge in [0.25, 0.3) is 0 Å². The highest BCUT2D eigenvalue weighted by Crippen LogP contribution is 2.28. The van der Waals surface area contributed by atoms with E-state index in [1.165, 1.54) is 4.90 Å². The smallest absolute Gasteiger partial charge is 0.229 e. The van der Waals surface area contributed by atoms with Crippen molar-refractivity contribution in [3.05, 3.63) is 47.8 Å². The maximum absolute atomic E-state index is 12.8. The number of benzene rings is 1. The second-order valence-electron chi connectivity index (χ2n) is 8.79. The van der Waals surface area contributed by atoms with E-state index in [9.17, 15) is 9.90 Å². The lowest BCUT2D eigenvalue weighted by molar-refractivity contribution is -0.945. The van der Waals surface area contributed by atoms with Crippen molar-refractivity contribution in [3.63, 3.8) is 0 Å². The molecule has 150 valence electrons. The largest absolute Gasteiger partial charge is 0.384 e. The monoisotopic (exact) mass is 384 g/mol. The molecule has 0 radical (unpaired) electrons. The molecule has 2 bridgehead atoms. The molecular weight excluding hydrogens is 354 g/mol. The van der Waals surface area contributed by atoms with Crippen LogP contribution in [0.25, 0.3) is 0 Å². The highest BCUT2D eigenvalue weighted by atomic mass is 16.3. The van der Waals surface area contributed by atoms with Crippen LogP contribution in [0.4, 0.5) is 0 Å². The zero-order valence-electron chi connectivity index (χ0n) is 16.6. The highest BCUT2D eigenvalue weighted by molar-refractivity contribution is 5.79. The number of hydrogen-bond donors (Lipinski definition) is 3. The fraction of sp³-hybridized carbons (Fsp3) is 0.571. The van der Waals surface area contributed by atoms with Crippen LogP contribution in [0.15, 0.2) is 36.5 Å². The van der Waals surface area contributed by atoms with Gasteiger partial charge in [-0.2, -0.15) is 0 Å². The molecule has 1 unspecified atom stereocenters. The van der Waals surface area contributed by atoms with E-state index in [0.29, 0.717) is 24.2 Å². The molecule has 4 heterocycles. The second kappa shape index (κ2) is 7.64. The van der Waals surface area contributed by atoms with Gasteiger partial charge in [-0.15, -0.1) is 5.10 Å². The minimum atomic E-state index is -0.973. The zero-order chi connectivity index (χ0) is 19.7. The van der Waals surface area contributed by atoms with E-state index < -0.39 is 5.60 Å². The van der Waals surface area contributed by atoms with Crippen molar-refractivity contribution in [1.82, 2.24) is 20.3 Å². The average molecular weight is 385 g/mol. The van der Waals surface area contributed by atoms with Gasteiger partial charge < -0.3 is 15.3 Å². The number of carbonyl (C=O) groups excluding carboxylic acids is 1. The Kier molecular flexibility index (Phi) is 5.21. The molecule has 7 heteroatoms. The van der Waals surface area contributed by atoms with Gasteiger partial charge >= 0.3 is 0 Å². The van der Waals surface area contributed by atoms with E-state index in [1.807, 2.05) is 41.2 Å². The van der Waals surface area contributed by atoms with E-state index in [2.05, 4.69) is 15.6 Å². The Morgan fingerprint density at radius 3 is 2.79 bits per heavy atom. The standard InChI is InChI=1S/C21H29N5O2/c1-21(2,28)19-14-26(24-23-19)12-17-10-16-8-9-25(17)13-18(16)20(27)22-11-15-6-4-3-5-7-15/h3-7,14,16-18,28H,8-13H2,1-2H3,(H,22,27)/p+1/t16-,17-,18+/m1/s1. The summed E-state index contributed by atoms with van der Waals surface area (Å²) in [7, 11) is 0. The lowest BCUT2D eigenvalue weighted by Crippen LogP contribution is -3.20. The van der Waals surface area contributed by atoms with Crippen LogP contribution in [0.2, 0.25) is 0 Å². The molecule has 3 saturated heterocycles. The third-order valence-electron chi connectivity index (χ3n) is 6.27. The van der Waals surface area contributed by atoms with Crippen LogP contribution < -0.4 is 10.2 Å². The van der Waals surface area contributed by atoms with Crippen LogP contribution in [-0.4, -0.2) is 45.1 Å². The second-order valence-corrected chi connectivity index (χ2v) is 8.79. The molecule has 28 heavy (non-hydrogen) atoms. The van der Waals surface area contributed by atoms with Crippen molar-refractivity contribution in [2.45, 2.75) is 51.4 Å². The van der Waals surface area contributed by atoms with Crippen molar-refractivity contribution in [2.24, 2.45) is 11.8 Å². The van der Waals surface area contributed by atoms with Crippen molar-refractivity contribution in [1.29, 1.82) is 0 Å². The highest BCUT2D eigenvalue weighted by Gasteiger charge is 2.46. The summed E-state index contributed by atoms with van der Waals surface area (Å²) in [4.78, 5) is 14.2. The molecular formula is C21H30N5O2+. The Morgan fingerprint density at radius 2 is 2.14 bits per heavy atom. The van der Waals surface area contributed by atoms with Crippen molar-refractivity contribution < 1.29 is 14.8 Å². The third-order valence-corrected chi connectivity index (χ3v) is 6.27. The van der Waals surface area contributed by atoms with Gasteiger partial charge in [0.1, 0.15) is 17.3 Å². The molecule has 1 aromatic carbocycles.